The van der Waals surface area contributed by atoms with Crippen LogP contribution in [0.5, 0.6) is 0 Å². The van der Waals surface area contributed by atoms with Crippen LogP contribution in [-0.4, -0.2) is 12.6 Å². The van der Waals surface area contributed by atoms with E-state index in [0.29, 0.717) is 18.3 Å². The minimum Gasteiger partial charge on any atom is -0.463 e. The third-order valence-corrected chi connectivity index (χ3v) is 3.41. The molecule has 1 aromatic carbocycles. The molecule has 2 aromatic rings. The number of hydrogen-bond acceptors (Lipinski definition) is 3. The van der Waals surface area contributed by atoms with Gasteiger partial charge in [-0.1, -0.05) is 19.9 Å². The molecule has 0 aliphatic carbocycles. The SMILES string of the molecule is CCOC(=O)C=Cc1cc2cc(C(C)CC)ccc2o1. The smallest absolute Gasteiger partial charge is 0.330 e. The molecule has 3 heteroatoms. The van der Waals surface area contributed by atoms with Crippen molar-refractivity contribution < 1.29 is 13.9 Å². The summed E-state index contributed by atoms with van der Waals surface area (Å²) in [5.74, 6) is 0.843. The van der Waals surface area contributed by atoms with Gasteiger partial charge in [-0.2, -0.15) is 0 Å². The van der Waals surface area contributed by atoms with Crippen LogP contribution in [0.25, 0.3) is 17.0 Å². The molecule has 0 spiro atoms. The fraction of sp³-hybridized carbons (Fsp3) is 0.353. The van der Waals surface area contributed by atoms with E-state index in [1.807, 2.05) is 12.1 Å². The second kappa shape index (κ2) is 6.42. The van der Waals surface area contributed by atoms with Gasteiger partial charge in [-0.3, -0.25) is 0 Å². The van der Waals surface area contributed by atoms with Gasteiger partial charge in [-0.15, -0.1) is 0 Å². The van der Waals surface area contributed by atoms with Crippen molar-refractivity contribution in [2.75, 3.05) is 6.61 Å². The van der Waals surface area contributed by atoms with E-state index in [-0.39, 0.29) is 5.97 Å². The highest BCUT2D eigenvalue weighted by molar-refractivity contribution is 5.88. The number of fused-ring (bicyclic) bond motifs is 1. The zero-order valence-corrected chi connectivity index (χ0v) is 12.2. The number of benzene rings is 1. The van der Waals surface area contributed by atoms with Crippen LogP contribution in [0.1, 0.15) is 44.4 Å². The second-order valence-corrected chi connectivity index (χ2v) is 4.84. The molecule has 0 N–H and O–H groups in total. The fourth-order valence-electron chi connectivity index (χ4n) is 2.05. The Bertz CT molecular complexity index is 622. The molecular formula is C17H20O3. The molecule has 2 rings (SSSR count). The molecule has 1 unspecified atom stereocenters. The Labute approximate surface area is 119 Å². The van der Waals surface area contributed by atoms with Gasteiger partial charge in [-0.25, -0.2) is 4.79 Å². The predicted molar refractivity (Wildman–Crippen MR) is 80.6 cm³/mol. The minimum atomic E-state index is -0.353. The zero-order valence-electron chi connectivity index (χ0n) is 12.2. The van der Waals surface area contributed by atoms with Crippen molar-refractivity contribution in [3.05, 3.63) is 41.7 Å². The topological polar surface area (TPSA) is 39.4 Å². The molecule has 0 radical (unpaired) electrons. The van der Waals surface area contributed by atoms with E-state index in [1.165, 1.54) is 11.6 Å². The number of furan rings is 1. The Morgan fingerprint density at radius 2 is 2.15 bits per heavy atom. The summed E-state index contributed by atoms with van der Waals surface area (Å²) in [7, 11) is 0. The molecule has 0 aliphatic heterocycles. The van der Waals surface area contributed by atoms with Crippen molar-refractivity contribution in [2.24, 2.45) is 0 Å². The standard InChI is InChI=1S/C17H20O3/c1-4-12(3)13-6-8-16-14(10-13)11-15(20-16)7-9-17(18)19-5-2/h6-12H,4-5H2,1-3H3. The first kappa shape index (κ1) is 14.4. The Morgan fingerprint density at radius 1 is 1.35 bits per heavy atom. The Kier molecular flexibility index (Phi) is 4.61. The Hall–Kier alpha value is -2.03. The number of esters is 1. The zero-order chi connectivity index (χ0) is 14.5. The predicted octanol–water partition coefficient (Wildman–Crippen LogP) is 4.52. The summed E-state index contributed by atoms with van der Waals surface area (Å²) in [4.78, 5) is 11.3. The Morgan fingerprint density at radius 3 is 2.85 bits per heavy atom. The van der Waals surface area contributed by atoms with Gasteiger partial charge >= 0.3 is 5.97 Å². The molecule has 0 bridgehead atoms. The lowest BCUT2D eigenvalue weighted by molar-refractivity contribution is -0.137. The second-order valence-electron chi connectivity index (χ2n) is 4.84. The summed E-state index contributed by atoms with van der Waals surface area (Å²) in [5.41, 5.74) is 2.14. The Balaban J connectivity index is 2.23. The van der Waals surface area contributed by atoms with Crippen molar-refractivity contribution in [2.45, 2.75) is 33.1 Å². The summed E-state index contributed by atoms with van der Waals surface area (Å²) < 4.78 is 10.5. The maximum Gasteiger partial charge on any atom is 0.330 e. The lowest BCUT2D eigenvalue weighted by atomic mass is 9.98. The molecule has 1 atom stereocenters. The number of carbonyl (C=O) groups excluding carboxylic acids is 1. The summed E-state index contributed by atoms with van der Waals surface area (Å²) in [5, 5.41) is 1.06. The first-order chi connectivity index (χ1) is 9.63. The van der Waals surface area contributed by atoms with Crippen LogP contribution in [0, 0.1) is 0 Å². The summed E-state index contributed by atoms with van der Waals surface area (Å²) in [6, 6.07) is 8.17. The first-order valence-electron chi connectivity index (χ1n) is 7.02. The highest BCUT2D eigenvalue weighted by Crippen LogP contribution is 2.26. The van der Waals surface area contributed by atoms with Crippen LogP contribution in [0.2, 0.25) is 0 Å². The maximum atomic E-state index is 11.3. The molecule has 0 amide bonds. The highest BCUT2D eigenvalue weighted by Gasteiger charge is 2.07. The third kappa shape index (κ3) is 3.29. The van der Waals surface area contributed by atoms with Gasteiger partial charge in [0.05, 0.1) is 6.61 Å². The van der Waals surface area contributed by atoms with Crippen molar-refractivity contribution in [1.29, 1.82) is 0 Å². The fourth-order valence-corrected chi connectivity index (χ4v) is 2.05. The normalized spacial score (nSPS) is 12.9. The van der Waals surface area contributed by atoms with Gasteiger partial charge in [0, 0.05) is 11.5 Å². The third-order valence-electron chi connectivity index (χ3n) is 3.41. The molecule has 0 aliphatic rings. The van der Waals surface area contributed by atoms with Gasteiger partial charge in [0.1, 0.15) is 11.3 Å². The molecule has 3 nitrogen and oxygen atoms in total. The summed E-state index contributed by atoms with van der Waals surface area (Å²) in [6.45, 7) is 6.55. The van der Waals surface area contributed by atoms with Gasteiger partial charge in [-0.05, 0) is 49.1 Å². The van der Waals surface area contributed by atoms with Crippen LogP contribution in [0.3, 0.4) is 0 Å². The molecule has 0 saturated carbocycles. The van der Waals surface area contributed by atoms with Crippen molar-refractivity contribution in [1.82, 2.24) is 0 Å². The molecule has 106 valence electrons. The number of carbonyl (C=O) groups is 1. The monoisotopic (exact) mass is 272 g/mol. The van der Waals surface area contributed by atoms with E-state index in [2.05, 4.69) is 26.0 Å². The summed E-state index contributed by atoms with van der Waals surface area (Å²) >= 11 is 0. The van der Waals surface area contributed by atoms with Crippen molar-refractivity contribution in [3.8, 4) is 0 Å². The van der Waals surface area contributed by atoms with Crippen LogP contribution in [0.15, 0.2) is 34.8 Å². The van der Waals surface area contributed by atoms with E-state index >= 15 is 0 Å². The van der Waals surface area contributed by atoms with E-state index in [4.69, 9.17) is 9.15 Å². The van der Waals surface area contributed by atoms with Crippen LogP contribution in [-0.2, 0) is 9.53 Å². The molecular weight excluding hydrogens is 252 g/mol. The largest absolute Gasteiger partial charge is 0.463 e. The van der Waals surface area contributed by atoms with Gasteiger partial charge in [0.25, 0.3) is 0 Å². The van der Waals surface area contributed by atoms with Gasteiger partial charge < -0.3 is 9.15 Å². The van der Waals surface area contributed by atoms with Crippen molar-refractivity contribution in [3.63, 3.8) is 0 Å². The highest BCUT2D eigenvalue weighted by atomic mass is 16.5. The number of rotatable bonds is 5. The minimum absolute atomic E-state index is 0.353. The van der Waals surface area contributed by atoms with Crippen LogP contribution in [0.4, 0.5) is 0 Å². The van der Waals surface area contributed by atoms with Gasteiger partial charge in [0.15, 0.2) is 0 Å². The van der Waals surface area contributed by atoms with Gasteiger partial charge in [0.2, 0.25) is 0 Å². The lowest BCUT2D eigenvalue weighted by Crippen LogP contribution is -1.98. The van der Waals surface area contributed by atoms with Crippen LogP contribution < -0.4 is 0 Å². The van der Waals surface area contributed by atoms with E-state index in [9.17, 15) is 4.79 Å². The van der Waals surface area contributed by atoms with Crippen molar-refractivity contribution >= 4 is 23.0 Å². The quantitative estimate of drug-likeness (QED) is 0.593. The maximum absolute atomic E-state index is 11.3. The van der Waals surface area contributed by atoms with E-state index in [0.717, 1.165) is 17.4 Å². The average molecular weight is 272 g/mol. The average Bonchev–Trinajstić information content (AvgIpc) is 2.86. The number of hydrogen-bond donors (Lipinski definition) is 0. The first-order valence-corrected chi connectivity index (χ1v) is 7.02. The lowest BCUT2D eigenvalue weighted by Gasteiger charge is -2.07. The summed E-state index contributed by atoms with van der Waals surface area (Å²) in [6.07, 6.45) is 4.14. The molecule has 20 heavy (non-hydrogen) atoms. The van der Waals surface area contributed by atoms with E-state index in [1.54, 1.807) is 13.0 Å². The molecule has 0 fully saturated rings. The van der Waals surface area contributed by atoms with E-state index < -0.39 is 0 Å². The molecule has 0 saturated heterocycles. The number of ether oxygens (including phenoxy) is 1. The molecule has 1 heterocycles. The van der Waals surface area contributed by atoms with Crippen LogP contribution >= 0.6 is 0 Å². The molecule has 1 aromatic heterocycles.